The van der Waals surface area contributed by atoms with Gasteiger partial charge in [-0.15, -0.1) is 0 Å². The van der Waals surface area contributed by atoms with Crippen molar-refractivity contribution in [3.8, 4) is 11.3 Å². The molecule has 1 saturated heterocycles. The molecule has 15 heteroatoms. The van der Waals surface area contributed by atoms with Crippen LogP contribution in [0.25, 0.3) is 22.2 Å². The zero-order chi connectivity index (χ0) is 36.3. The molecule has 1 saturated carbocycles. The Balaban J connectivity index is 1.12. The number of halogens is 3. The number of nitrogens with two attached hydrogens (primary N) is 1. The number of likely N-dealkylation sites (N-methyl/N-ethyl adjacent to an activating group) is 1. The van der Waals surface area contributed by atoms with Gasteiger partial charge in [0.15, 0.2) is 5.82 Å². The van der Waals surface area contributed by atoms with Gasteiger partial charge in [-0.3, -0.25) is 14.4 Å². The molecule has 3 heterocycles. The number of hydrogen-bond donors (Lipinski definition) is 3. The molecule has 0 bridgehead atoms. The first-order chi connectivity index (χ1) is 24.3. The van der Waals surface area contributed by atoms with Gasteiger partial charge in [-0.25, -0.2) is 14.8 Å². The number of rotatable bonds is 10. The molecule has 2 aromatic heterocycles. The number of ether oxygens (including phenoxy) is 1. The predicted molar refractivity (Wildman–Crippen MR) is 188 cm³/mol. The summed E-state index contributed by atoms with van der Waals surface area (Å²) in [5, 5.41) is 11.5. The Morgan fingerprint density at radius 1 is 1.00 bits per heavy atom. The van der Waals surface area contributed by atoms with E-state index in [1.54, 1.807) is 30.1 Å². The first kappa shape index (κ1) is 36.0. The Morgan fingerprint density at radius 2 is 1.75 bits per heavy atom. The number of nitrogens with zero attached hydrogens (tertiary/aromatic N) is 6. The van der Waals surface area contributed by atoms with Crippen LogP contribution in [-0.4, -0.2) is 86.9 Å². The molecule has 0 atom stereocenters. The number of benzene rings is 2. The number of carbonyl (C=O) groups is 2. The largest absolute Gasteiger partial charge is 0.446 e. The van der Waals surface area contributed by atoms with Gasteiger partial charge in [0, 0.05) is 69.0 Å². The molecule has 51 heavy (non-hydrogen) atoms. The van der Waals surface area contributed by atoms with E-state index in [-0.39, 0.29) is 36.2 Å². The van der Waals surface area contributed by atoms with E-state index in [9.17, 15) is 22.8 Å². The van der Waals surface area contributed by atoms with Crippen molar-refractivity contribution in [1.29, 1.82) is 0 Å². The van der Waals surface area contributed by atoms with Crippen LogP contribution in [-0.2, 0) is 42.1 Å². The third-order valence-electron chi connectivity index (χ3n) is 9.71. The second kappa shape index (κ2) is 15.2. The third-order valence-corrected chi connectivity index (χ3v) is 9.71. The number of amides is 2. The highest BCUT2D eigenvalue weighted by Gasteiger charge is 2.34. The number of primary amides is 1. The summed E-state index contributed by atoms with van der Waals surface area (Å²) < 4.78 is 49.0. The number of piperazine rings is 1. The third kappa shape index (κ3) is 8.95. The van der Waals surface area contributed by atoms with Crippen LogP contribution in [0, 0.1) is 0 Å². The van der Waals surface area contributed by atoms with Crippen LogP contribution in [0.4, 0.5) is 29.7 Å². The molecule has 2 aromatic carbocycles. The molecule has 1 aliphatic heterocycles. The maximum absolute atomic E-state index is 14.1. The second-order valence-electron chi connectivity index (χ2n) is 13.5. The molecule has 2 amide bonds. The second-order valence-corrected chi connectivity index (χ2v) is 13.5. The van der Waals surface area contributed by atoms with Crippen LogP contribution in [0.5, 0.6) is 0 Å². The van der Waals surface area contributed by atoms with Gasteiger partial charge in [0.2, 0.25) is 11.9 Å². The van der Waals surface area contributed by atoms with Gasteiger partial charge in [0.05, 0.1) is 23.2 Å². The Bertz CT molecular complexity index is 1880. The van der Waals surface area contributed by atoms with Crippen molar-refractivity contribution in [2.45, 2.75) is 70.3 Å². The van der Waals surface area contributed by atoms with Gasteiger partial charge in [-0.2, -0.15) is 18.3 Å². The molecule has 0 spiro atoms. The summed E-state index contributed by atoms with van der Waals surface area (Å²) in [5.41, 5.74) is 8.37. The number of carbonyl (C=O) groups excluding carboxylic acids is 2. The van der Waals surface area contributed by atoms with E-state index >= 15 is 0 Å². The maximum atomic E-state index is 14.1. The first-order valence-electron chi connectivity index (χ1n) is 17.3. The molecule has 4 N–H and O–H groups in total. The van der Waals surface area contributed by atoms with Crippen LogP contribution in [0.2, 0.25) is 0 Å². The molecule has 1 aliphatic carbocycles. The molecule has 6 rings (SSSR count). The monoisotopic (exact) mass is 707 g/mol. The fourth-order valence-corrected chi connectivity index (χ4v) is 6.93. The molecule has 2 aliphatic rings. The van der Waals surface area contributed by atoms with Gasteiger partial charge in [-0.05, 0) is 74.0 Å². The van der Waals surface area contributed by atoms with Gasteiger partial charge in [0.25, 0.3) is 0 Å². The van der Waals surface area contributed by atoms with Crippen LogP contribution >= 0.6 is 0 Å². The van der Waals surface area contributed by atoms with Crippen LogP contribution in [0.3, 0.4) is 0 Å². The van der Waals surface area contributed by atoms with E-state index in [0.29, 0.717) is 44.1 Å². The van der Waals surface area contributed by atoms with Crippen molar-refractivity contribution in [2.24, 2.45) is 12.8 Å². The molecule has 2 fully saturated rings. The average molecular weight is 708 g/mol. The number of anilines is 2. The summed E-state index contributed by atoms with van der Waals surface area (Å²) in [7, 11) is 3.77. The summed E-state index contributed by atoms with van der Waals surface area (Å²) >= 11 is 0. The van der Waals surface area contributed by atoms with E-state index in [1.165, 1.54) is 6.07 Å². The molecular formula is C36H44F3N9O3. The maximum Gasteiger partial charge on any atom is 0.416 e. The fourth-order valence-electron chi connectivity index (χ4n) is 6.93. The smallest absolute Gasteiger partial charge is 0.416 e. The summed E-state index contributed by atoms with van der Waals surface area (Å²) in [6, 6.07) is 10.1. The van der Waals surface area contributed by atoms with Gasteiger partial charge < -0.3 is 26.0 Å². The number of aromatic nitrogens is 4. The van der Waals surface area contributed by atoms with Crippen molar-refractivity contribution >= 4 is 34.7 Å². The van der Waals surface area contributed by atoms with Crippen LogP contribution in [0.1, 0.15) is 54.9 Å². The van der Waals surface area contributed by atoms with Gasteiger partial charge in [-0.1, -0.05) is 19.1 Å². The summed E-state index contributed by atoms with van der Waals surface area (Å²) in [6.45, 7) is 5.28. The fraction of sp³-hybridized carbons (Fsp3) is 0.472. The number of hydrogen-bond acceptors (Lipinski definition) is 9. The van der Waals surface area contributed by atoms with Crippen molar-refractivity contribution in [3.63, 3.8) is 0 Å². The lowest BCUT2D eigenvalue weighted by Crippen LogP contribution is -2.44. The van der Waals surface area contributed by atoms with E-state index in [0.717, 1.165) is 59.7 Å². The molecule has 4 aromatic rings. The Labute approximate surface area is 294 Å². The lowest BCUT2D eigenvalue weighted by Gasteiger charge is -2.33. The molecule has 12 nitrogen and oxygen atoms in total. The van der Waals surface area contributed by atoms with Crippen molar-refractivity contribution in [2.75, 3.05) is 43.9 Å². The zero-order valence-corrected chi connectivity index (χ0v) is 29.1. The summed E-state index contributed by atoms with van der Waals surface area (Å²) in [4.78, 5) is 37.7. The lowest BCUT2D eigenvalue weighted by molar-refractivity contribution is -0.138. The minimum Gasteiger partial charge on any atom is -0.446 e. The number of aryl methyl sites for hydroxylation is 2. The summed E-state index contributed by atoms with van der Waals surface area (Å²) in [6.07, 6.45) is -0.141. The van der Waals surface area contributed by atoms with Crippen LogP contribution < -0.4 is 16.4 Å². The van der Waals surface area contributed by atoms with Crippen molar-refractivity contribution in [3.05, 3.63) is 64.8 Å². The Hall–Kier alpha value is -4.76. The van der Waals surface area contributed by atoms with E-state index < -0.39 is 23.7 Å². The van der Waals surface area contributed by atoms with Gasteiger partial charge in [0.1, 0.15) is 6.10 Å². The minimum atomic E-state index is -4.53. The Kier molecular flexibility index (Phi) is 10.8. The predicted octanol–water partition coefficient (Wildman–Crippen LogP) is 5.36. The van der Waals surface area contributed by atoms with Crippen molar-refractivity contribution in [1.82, 2.24) is 29.5 Å². The van der Waals surface area contributed by atoms with E-state index in [1.807, 2.05) is 31.0 Å². The Morgan fingerprint density at radius 3 is 2.43 bits per heavy atom. The summed E-state index contributed by atoms with van der Waals surface area (Å²) in [5.74, 6) is 0.363. The normalized spacial score (nSPS) is 18.9. The van der Waals surface area contributed by atoms with E-state index in [2.05, 4.69) is 25.6 Å². The number of alkyl halides is 3. The lowest BCUT2D eigenvalue weighted by atomic mass is 9.93. The van der Waals surface area contributed by atoms with Gasteiger partial charge >= 0.3 is 12.3 Å². The molecular weight excluding hydrogens is 663 g/mol. The van der Waals surface area contributed by atoms with Crippen molar-refractivity contribution < 1.29 is 27.5 Å². The molecule has 0 unspecified atom stereocenters. The quantitative estimate of drug-likeness (QED) is 0.199. The SMILES string of the molecule is CCc1cc(-c2cc(NC(=O)Cc3ccc(CN4CCN(C)CC4)c(C(F)(F)F)c3)nn2C)cc2cnc(NC3CCC(OC(N)=O)CC3)nc12. The molecule has 0 radical (unpaired) electrons. The highest BCUT2D eigenvalue weighted by Crippen LogP contribution is 2.34. The standard InChI is InChI=1S/C36H44F3N9O3/c1-4-23-17-25(18-26-20-41-35(44-33(23)26)42-27-7-9-28(10-8-27)51-34(40)50)30-19-31(45-47(30)3)43-32(49)16-22-5-6-24(29(15-22)36(37,38)39)21-48-13-11-46(2)12-14-48/h5-6,15,17-20,27-28H,4,7-14,16,21H2,1-3H3,(H2,40,50)(H,41,42,44)(H,43,45,49). The van der Waals surface area contributed by atoms with Crippen LogP contribution in [0.15, 0.2) is 42.6 Å². The zero-order valence-electron chi connectivity index (χ0n) is 29.1. The van der Waals surface area contributed by atoms with E-state index in [4.69, 9.17) is 15.5 Å². The highest BCUT2D eigenvalue weighted by molar-refractivity contribution is 5.92. The number of fused-ring (bicyclic) bond motifs is 1. The number of nitrogens with one attached hydrogen (secondary N) is 2. The first-order valence-corrected chi connectivity index (χ1v) is 17.3. The highest BCUT2D eigenvalue weighted by atomic mass is 19.4. The average Bonchev–Trinajstić information content (AvgIpc) is 3.45. The topological polar surface area (TPSA) is 144 Å². The molecule has 272 valence electrons. The minimum absolute atomic E-state index is 0.154.